The summed E-state index contributed by atoms with van der Waals surface area (Å²) in [6, 6.07) is 9.06. The molecule has 24 heavy (non-hydrogen) atoms. The molecule has 1 N–H and O–H groups in total. The summed E-state index contributed by atoms with van der Waals surface area (Å²) in [7, 11) is 0. The molecule has 2 aromatic rings. The Morgan fingerprint density at radius 1 is 1.29 bits per heavy atom. The highest BCUT2D eigenvalue weighted by molar-refractivity contribution is 5.63. The van der Waals surface area contributed by atoms with Crippen LogP contribution in [0.2, 0.25) is 0 Å². The molecule has 2 nitrogen and oxygen atoms in total. The predicted octanol–water partition coefficient (Wildman–Crippen LogP) is 5.18. The molecule has 0 aliphatic heterocycles. The highest BCUT2D eigenvalue weighted by Crippen LogP contribution is 2.21. The number of unbranched alkanes of at least 4 members (excludes halogenated alkanes) is 1. The minimum absolute atomic E-state index is 0.253. The lowest BCUT2D eigenvalue weighted by molar-refractivity contribution is 0.182. The van der Waals surface area contributed by atoms with Gasteiger partial charge in [0.1, 0.15) is 5.82 Å². The number of hydrogen-bond donors (Lipinski definition) is 1. The van der Waals surface area contributed by atoms with Gasteiger partial charge in [0, 0.05) is 17.3 Å². The second kappa shape index (κ2) is 9.14. The van der Waals surface area contributed by atoms with Gasteiger partial charge in [-0.15, -0.1) is 6.58 Å². The quantitative estimate of drug-likeness (QED) is 0.536. The fourth-order valence-corrected chi connectivity index (χ4v) is 2.45. The van der Waals surface area contributed by atoms with Crippen molar-refractivity contribution in [3.8, 4) is 11.3 Å². The smallest absolute Gasteiger partial charge is 0.131 e. The van der Waals surface area contributed by atoms with Gasteiger partial charge < -0.3 is 5.11 Å². The highest BCUT2D eigenvalue weighted by Gasteiger charge is 2.04. The molecule has 0 aliphatic carbocycles. The lowest BCUT2D eigenvalue weighted by atomic mass is 10.1. The zero-order valence-electron chi connectivity index (χ0n) is 14.1. The Balaban J connectivity index is 2.03. The summed E-state index contributed by atoms with van der Waals surface area (Å²) in [6.07, 6.45) is 10.4. The van der Waals surface area contributed by atoms with E-state index in [1.165, 1.54) is 6.07 Å². The van der Waals surface area contributed by atoms with Crippen LogP contribution in [0.25, 0.3) is 17.3 Å². The lowest BCUT2D eigenvalue weighted by Gasteiger charge is -2.05. The first-order valence-corrected chi connectivity index (χ1v) is 8.30. The molecule has 0 spiro atoms. The molecular formula is C21H24FNO. The van der Waals surface area contributed by atoms with Crippen LogP contribution in [-0.4, -0.2) is 16.2 Å². The number of benzene rings is 1. The van der Waals surface area contributed by atoms with Crippen LogP contribution in [0.3, 0.4) is 0 Å². The Morgan fingerprint density at radius 2 is 2.12 bits per heavy atom. The van der Waals surface area contributed by atoms with Crippen molar-refractivity contribution >= 4 is 6.08 Å². The maximum Gasteiger partial charge on any atom is 0.131 e. The largest absolute Gasteiger partial charge is 0.393 e. The normalized spacial score (nSPS) is 12.5. The summed E-state index contributed by atoms with van der Waals surface area (Å²) in [6.45, 7) is 5.48. The summed E-state index contributed by atoms with van der Waals surface area (Å²) in [5, 5.41) is 9.20. The first kappa shape index (κ1) is 18.1. The topological polar surface area (TPSA) is 33.1 Å². The molecule has 0 aliphatic rings. The van der Waals surface area contributed by atoms with Crippen LogP contribution in [0, 0.1) is 5.82 Å². The maximum absolute atomic E-state index is 14.2. The van der Waals surface area contributed by atoms with E-state index in [9.17, 15) is 9.50 Å². The number of aliphatic hydroxyl groups excluding tert-OH is 1. The summed E-state index contributed by atoms with van der Waals surface area (Å²) < 4.78 is 14.2. The number of rotatable bonds is 8. The number of hydrogen-bond acceptors (Lipinski definition) is 2. The maximum atomic E-state index is 14.2. The summed E-state index contributed by atoms with van der Waals surface area (Å²) in [5.74, 6) is -0.253. The number of aliphatic hydroxyl groups is 1. The van der Waals surface area contributed by atoms with E-state index in [1.807, 2.05) is 30.4 Å². The number of allylic oxidation sites excluding steroid dienone is 2. The lowest BCUT2D eigenvalue weighted by Crippen LogP contribution is -1.97. The third kappa shape index (κ3) is 5.43. The molecule has 0 amide bonds. The zero-order valence-corrected chi connectivity index (χ0v) is 14.1. The third-order valence-corrected chi connectivity index (χ3v) is 3.79. The van der Waals surface area contributed by atoms with Crippen LogP contribution in [0.4, 0.5) is 4.39 Å². The van der Waals surface area contributed by atoms with Crippen molar-refractivity contribution < 1.29 is 9.50 Å². The van der Waals surface area contributed by atoms with Gasteiger partial charge in [-0.25, -0.2) is 4.39 Å². The minimum atomic E-state index is -0.278. The first-order valence-electron chi connectivity index (χ1n) is 8.30. The van der Waals surface area contributed by atoms with E-state index in [4.69, 9.17) is 0 Å². The number of halogens is 1. The molecule has 126 valence electrons. The van der Waals surface area contributed by atoms with Crippen molar-refractivity contribution in [2.45, 2.75) is 38.7 Å². The molecule has 1 atom stereocenters. The Kier molecular flexibility index (Phi) is 6.89. The van der Waals surface area contributed by atoms with E-state index in [0.717, 1.165) is 42.5 Å². The molecule has 0 saturated carbocycles. The average molecular weight is 325 g/mol. The predicted molar refractivity (Wildman–Crippen MR) is 98.1 cm³/mol. The van der Waals surface area contributed by atoms with Crippen molar-refractivity contribution in [1.29, 1.82) is 0 Å². The zero-order chi connectivity index (χ0) is 17.4. The first-order chi connectivity index (χ1) is 11.6. The molecule has 1 heterocycles. The van der Waals surface area contributed by atoms with Crippen LogP contribution < -0.4 is 0 Å². The van der Waals surface area contributed by atoms with E-state index in [0.29, 0.717) is 5.56 Å². The van der Waals surface area contributed by atoms with Crippen LogP contribution in [-0.2, 0) is 6.42 Å². The molecule has 0 bridgehead atoms. The van der Waals surface area contributed by atoms with Crippen LogP contribution in [0.15, 0.2) is 55.3 Å². The molecule has 3 heteroatoms. The van der Waals surface area contributed by atoms with Gasteiger partial charge in [-0.1, -0.05) is 36.4 Å². The number of aromatic nitrogens is 1. The fraction of sp³-hybridized carbons (Fsp3) is 0.286. The fourth-order valence-electron chi connectivity index (χ4n) is 2.45. The molecule has 1 aromatic carbocycles. The van der Waals surface area contributed by atoms with Gasteiger partial charge in [-0.2, -0.15) is 0 Å². The van der Waals surface area contributed by atoms with E-state index in [-0.39, 0.29) is 11.9 Å². The van der Waals surface area contributed by atoms with E-state index in [2.05, 4.69) is 11.6 Å². The molecule has 1 unspecified atom stereocenters. The van der Waals surface area contributed by atoms with Crippen molar-refractivity contribution in [1.82, 2.24) is 4.98 Å². The summed E-state index contributed by atoms with van der Waals surface area (Å²) >= 11 is 0. The average Bonchev–Trinajstić information content (AvgIpc) is 2.56. The molecule has 2 rings (SSSR count). The molecule has 0 radical (unpaired) electrons. The van der Waals surface area contributed by atoms with Gasteiger partial charge in [0.2, 0.25) is 0 Å². The minimum Gasteiger partial charge on any atom is -0.393 e. The van der Waals surface area contributed by atoms with E-state index < -0.39 is 0 Å². The van der Waals surface area contributed by atoms with E-state index >= 15 is 0 Å². The van der Waals surface area contributed by atoms with Gasteiger partial charge in [-0.05, 0) is 50.3 Å². The number of pyridine rings is 1. The van der Waals surface area contributed by atoms with Crippen molar-refractivity contribution in [2.75, 3.05) is 0 Å². The Hall–Kier alpha value is -2.26. The second-order valence-corrected chi connectivity index (χ2v) is 5.96. The highest BCUT2D eigenvalue weighted by atomic mass is 19.1. The third-order valence-electron chi connectivity index (χ3n) is 3.79. The van der Waals surface area contributed by atoms with Crippen LogP contribution >= 0.6 is 0 Å². The van der Waals surface area contributed by atoms with Gasteiger partial charge >= 0.3 is 0 Å². The van der Waals surface area contributed by atoms with Gasteiger partial charge in [0.25, 0.3) is 0 Å². The summed E-state index contributed by atoms with van der Waals surface area (Å²) in [5.41, 5.74) is 3.18. The van der Waals surface area contributed by atoms with Crippen molar-refractivity contribution in [2.24, 2.45) is 0 Å². The standard InChI is InChI=1S/C21H24FNO/c1-3-7-17-10-13-21(23-15-17)19-12-11-18(20(22)14-19)9-6-4-5-8-16(2)24/h3,6,9-16,24H,1,4-5,7-8H2,2H3/b9-6+. The van der Waals surface area contributed by atoms with Crippen molar-refractivity contribution in [3.63, 3.8) is 0 Å². The number of nitrogens with zero attached hydrogens (tertiary/aromatic N) is 1. The molecule has 0 saturated heterocycles. The second-order valence-electron chi connectivity index (χ2n) is 5.96. The summed E-state index contributed by atoms with van der Waals surface area (Å²) in [4.78, 5) is 4.39. The van der Waals surface area contributed by atoms with Gasteiger partial charge in [0.05, 0.1) is 11.8 Å². The van der Waals surface area contributed by atoms with Crippen LogP contribution in [0.1, 0.15) is 37.3 Å². The molecule has 1 aromatic heterocycles. The van der Waals surface area contributed by atoms with Gasteiger partial charge in [0.15, 0.2) is 0 Å². The SMILES string of the molecule is C=CCc1ccc(-c2ccc(/C=C/CCCC(C)O)c(F)c2)nc1. The Bertz CT molecular complexity index is 689. The van der Waals surface area contributed by atoms with E-state index in [1.54, 1.807) is 25.3 Å². The molecular weight excluding hydrogens is 301 g/mol. The van der Waals surface area contributed by atoms with Crippen molar-refractivity contribution in [3.05, 3.63) is 72.2 Å². The Morgan fingerprint density at radius 3 is 2.75 bits per heavy atom. The van der Waals surface area contributed by atoms with Crippen LogP contribution in [0.5, 0.6) is 0 Å². The molecule has 0 fully saturated rings. The Labute approximate surface area is 143 Å². The van der Waals surface area contributed by atoms with Gasteiger partial charge in [-0.3, -0.25) is 4.98 Å². The monoisotopic (exact) mass is 325 g/mol.